The maximum absolute atomic E-state index is 13.4. The smallest absolute Gasteiger partial charge is 0.313 e. The average molecular weight is 339 g/mol. The summed E-state index contributed by atoms with van der Waals surface area (Å²) < 4.78 is 5.70. The number of benzene rings is 1. The third-order valence-electron chi connectivity index (χ3n) is 6.77. The first-order valence-corrected chi connectivity index (χ1v) is 9.92. The Hall–Kier alpha value is -1.77. The van der Waals surface area contributed by atoms with Crippen LogP contribution in [0.3, 0.4) is 0 Å². The van der Waals surface area contributed by atoms with Gasteiger partial charge in [-0.25, -0.2) is 0 Å². The minimum atomic E-state index is -0.428. The van der Waals surface area contributed by atoms with Gasteiger partial charge in [0.15, 0.2) is 0 Å². The molecule has 2 heterocycles. The minimum Gasteiger partial charge on any atom is -0.466 e. The van der Waals surface area contributed by atoms with Crippen molar-refractivity contribution in [2.75, 3.05) is 13.2 Å². The fourth-order valence-electron chi connectivity index (χ4n) is 5.75. The molecule has 1 aliphatic carbocycles. The standard InChI is InChI=1S/C22H29NO2/c1-2-25-20(24)21(13-7-4-8-14-21)22(18-10-5-3-6-11-18)15-17-23-16-9-12-19(22)23/h3,5-6,10-11,15,17,19H,2,4,7-9,12-14,16H2,1H3. The van der Waals surface area contributed by atoms with E-state index in [1.165, 1.54) is 18.4 Å². The molecule has 2 fully saturated rings. The Bertz CT molecular complexity index is 647. The number of hydrogen-bond acceptors (Lipinski definition) is 3. The number of nitrogens with zero attached hydrogens (tertiary/aromatic N) is 1. The molecule has 2 atom stereocenters. The summed E-state index contributed by atoms with van der Waals surface area (Å²) in [5, 5.41) is 0. The fourth-order valence-corrected chi connectivity index (χ4v) is 5.75. The first-order valence-electron chi connectivity index (χ1n) is 9.92. The van der Waals surface area contributed by atoms with E-state index in [0.717, 1.165) is 38.6 Å². The summed E-state index contributed by atoms with van der Waals surface area (Å²) in [5.41, 5.74) is 0.607. The first-order chi connectivity index (χ1) is 12.2. The number of carbonyl (C=O) groups is 1. The van der Waals surface area contributed by atoms with Crippen molar-refractivity contribution in [3.05, 3.63) is 48.2 Å². The molecule has 3 nitrogen and oxygen atoms in total. The summed E-state index contributed by atoms with van der Waals surface area (Å²) in [4.78, 5) is 15.9. The zero-order valence-electron chi connectivity index (χ0n) is 15.2. The Morgan fingerprint density at radius 2 is 1.92 bits per heavy atom. The number of rotatable bonds is 4. The van der Waals surface area contributed by atoms with Crippen LogP contribution in [0, 0.1) is 5.41 Å². The van der Waals surface area contributed by atoms with Gasteiger partial charge < -0.3 is 9.64 Å². The van der Waals surface area contributed by atoms with Crippen LogP contribution in [0.4, 0.5) is 0 Å². The Morgan fingerprint density at radius 1 is 1.16 bits per heavy atom. The fraction of sp³-hybridized carbons (Fsp3) is 0.591. The lowest BCUT2D eigenvalue weighted by atomic mass is 9.52. The molecule has 0 aromatic heterocycles. The lowest BCUT2D eigenvalue weighted by Gasteiger charge is -2.51. The predicted octanol–water partition coefficient (Wildman–Crippen LogP) is 4.43. The molecule has 0 bridgehead atoms. The Kier molecular flexibility index (Phi) is 4.35. The third-order valence-corrected chi connectivity index (χ3v) is 6.77. The van der Waals surface area contributed by atoms with Gasteiger partial charge in [0.05, 0.1) is 17.4 Å². The van der Waals surface area contributed by atoms with E-state index in [1.807, 2.05) is 6.92 Å². The van der Waals surface area contributed by atoms with Crippen molar-refractivity contribution in [1.29, 1.82) is 0 Å². The quantitative estimate of drug-likeness (QED) is 0.760. The van der Waals surface area contributed by atoms with E-state index in [9.17, 15) is 4.79 Å². The molecule has 0 N–H and O–H groups in total. The van der Waals surface area contributed by atoms with Crippen LogP contribution in [0.5, 0.6) is 0 Å². The van der Waals surface area contributed by atoms with Crippen LogP contribution in [-0.2, 0) is 14.9 Å². The van der Waals surface area contributed by atoms with E-state index in [-0.39, 0.29) is 11.4 Å². The Labute approximate surface area is 151 Å². The van der Waals surface area contributed by atoms with Gasteiger partial charge in [-0.3, -0.25) is 4.79 Å². The van der Waals surface area contributed by atoms with Crippen LogP contribution in [0.1, 0.15) is 57.4 Å². The summed E-state index contributed by atoms with van der Waals surface area (Å²) in [7, 11) is 0. The molecular weight excluding hydrogens is 310 g/mol. The van der Waals surface area contributed by atoms with Crippen LogP contribution in [0.15, 0.2) is 42.6 Å². The molecule has 134 valence electrons. The van der Waals surface area contributed by atoms with Crippen molar-refractivity contribution >= 4 is 5.97 Å². The second-order valence-electron chi connectivity index (χ2n) is 7.81. The summed E-state index contributed by atoms with van der Waals surface area (Å²) in [6.45, 7) is 3.49. The number of fused-ring (bicyclic) bond motifs is 1. The van der Waals surface area contributed by atoms with Crippen LogP contribution in [0.25, 0.3) is 0 Å². The lowest BCUT2D eigenvalue weighted by Crippen LogP contribution is -2.57. The van der Waals surface area contributed by atoms with E-state index in [0.29, 0.717) is 12.6 Å². The van der Waals surface area contributed by atoms with Crippen molar-refractivity contribution in [1.82, 2.24) is 4.90 Å². The van der Waals surface area contributed by atoms with Crippen LogP contribution < -0.4 is 0 Å². The maximum atomic E-state index is 13.4. The number of carbonyl (C=O) groups excluding carboxylic acids is 1. The molecule has 3 heteroatoms. The normalized spacial score (nSPS) is 30.3. The predicted molar refractivity (Wildman–Crippen MR) is 99.1 cm³/mol. The summed E-state index contributed by atoms with van der Waals surface area (Å²) in [6.07, 6.45) is 12.3. The van der Waals surface area contributed by atoms with E-state index >= 15 is 0 Å². The van der Waals surface area contributed by atoms with Gasteiger partial charge in [-0.2, -0.15) is 0 Å². The molecule has 3 aliphatic rings. The molecule has 25 heavy (non-hydrogen) atoms. The van der Waals surface area contributed by atoms with Crippen molar-refractivity contribution in [2.45, 2.75) is 63.3 Å². The molecule has 4 rings (SSSR count). The van der Waals surface area contributed by atoms with Crippen LogP contribution >= 0.6 is 0 Å². The zero-order valence-corrected chi connectivity index (χ0v) is 15.2. The van der Waals surface area contributed by atoms with Crippen molar-refractivity contribution in [2.24, 2.45) is 5.41 Å². The van der Waals surface area contributed by atoms with Crippen LogP contribution in [0.2, 0.25) is 0 Å². The highest BCUT2D eigenvalue weighted by molar-refractivity contribution is 5.81. The van der Waals surface area contributed by atoms with Gasteiger partial charge in [-0.15, -0.1) is 0 Å². The van der Waals surface area contributed by atoms with Gasteiger partial charge >= 0.3 is 5.97 Å². The topological polar surface area (TPSA) is 29.5 Å². The second-order valence-corrected chi connectivity index (χ2v) is 7.81. The number of esters is 1. The van der Waals surface area contributed by atoms with Gasteiger partial charge in [0, 0.05) is 12.6 Å². The zero-order chi connectivity index (χ0) is 17.3. The van der Waals surface area contributed by atoms with E-state index in [1.54, 1.807) is 0 Å². The van der Waals surface area contributed by atoms with Gasteiger partial charge in [-0.1, -0.05) is 55.7 Å². The highest BCUT2D eigenvalue weighted by Gasteiger charge is 2.63. The van der Waals surface area contributed by atoms with E-state index in [2.05, 4.69) is 47.5 Å². The van der Waals surface area contributed by atoms with Gasteiger partial charge in [0.2, 0.25) is 0 Å². The molecule has 1 aromatic carbocycles. The molecule has 1 saturated heterocycles. The Morgan fingerprint density at radius 3 is 2.64 bits per heavy atom. The van der Waals surface area contributed by atoms with Gasteiger partial charge in [0.1, 0.15) is 0 Å². The highest BCUT2D eigenvalue weighted by Crippen LogP contribution is 2.59. The van der Waals surface area contributed by atoms with E-state index < -0.39 is 5.41 Å². The molecule has 1 saturated carbocycles. The summed E-state index contributed by atoms with van der Waals surface area (Å²) in [6, 6.07) is 11.1. The van der Waals surface area contributed by atoms with E-state index in [4.69, 9.17) is 4.74 Å². The number of hydrogen-bond donors (Lipinski definition) is 0. The van der Waals surface area contributed by atoms with Crippen molar-refractivity contribution < 1.29 is 9.53 Å². The molecule has 0 radical (unpaired) electrons. The van der Waals surface area contributed by atoms with Crippen molar-refractivity contribution in [3.63, 3.8) is 0 Å². The third kappa shape index (κ3) is 2.35. The molecule has 0 spiro atoms. The first kappa shape index (κ1) is 16.7. The van der Waals surface area contributed by atoms with Gasteiger partial charge in [0.25, 0.3) is 0 Å². The summed E-state index contributed by atoms with van der Waals surface area (Å²) in [5.74, 6) is 0.0250. The maximum Gasteiger partial charge on any atom is 0.313 e. The monoisotopic (exact) mass is 339 g/mol. The van der Waals surface area contributed by atoms with Crippen LogP contribution in [-0.4, -0.2) is 30.1 Å². The molecular formula is C22H29NO2. The Balaban J connectivity index is 1.90. The SMILES string of the molecule is CCOC(=O)C1(C2(c3ccccc3)C=CN3CCCC32)CCCCC1. The van der Waals surface area contributed by atoms with Crippen molar-refractivity contribution in [3.8, 4) is 0 Å². The average Bonchev–Trinajstić information content (AvgIpc) is 3.26. The molecule has 0 amide bonds. The minimum absolute atomic E-state index is 0.0250. The molecule has 2 unspecified atom stereocenters. The summed E-state index contributed by atoms with van der Waals surface area (Å²) >= 11 is 0. The molecule has 2 aliphatic heterocycles. The molecule has 1 aromatic rings. The number of ether oxygens (including phenoxy) is 1. The highest BCUT2D eigenvalue weighted by atomic mass is 16.5. The largest absolute Gasteiger partial charge is 0.466 e. The second kappa shape index (κ2) is 6.51. The lowest BCUT2D eigenvalue weighted by molar-refractivity contribution is -0.163. The van der Waals surface area contributed by atoms with Gasteiger partial charge in [-0.05, 0) is 44.4 Å².